The fourth-order valence-corrected chi connectivity index (χ4v) is 1.80. The first-order valence-corrected chi connectivity index (χ1v) is 6.72. The Kier molecular flexibility index (Phi) is 4.97. The Morgan fingerprint density at radius 2 is 2.14 bits per heavy atom. The lowest BCUT2D eigenvalue weighted by atomic mass is 10.2. The second-order valence-corrected chi connectivity index (χ2v) is 4.55. The highest BCUT2D eigenvalue weighted by Gasteiger charge is 2.03. The largest absolute Gasteiger partial charge is 0.291 e. The molecule has 0 unspecified atom stereocenters. The van der Waals surface area contributed by atoms with E-state index < -0.39 is 4.92 Å². The zero-order valence-electron chi connectivity index (χ0n) is 11.9. The number of benzene rings is 1. The molecule has 0 radical (unpaired) electrons. The zero-order chi connectivity index (χ0) is 15.9. The zero-order valence-corrected chi connectivity index (χ0v) is 11.9. The number of rotatable bonds is 6. The summed E-state index contributed by atoms with van der Waals surface area (Å²) in [4.78, 5) is 28.3. The highest BCUT2D eigenvalue weighted by molar-refractivity contribution is 5.80. The third kappa shape index (κ3) is 4.23. The summed E-state index contributed by atoms with van der Waals surface area (Å²) in [5.74, 6) is 0.258. The summed E-state index contributed by atoms with van der Waals surface area (Å²) in [5, 5.41) is 14.5. The highest BCUT2D eigenvalue weighted by Crippen LogP contribution is 2.10. The first-order valence-electron chi connectivity index (χ1n) is 6.72. The minimum Gasteiger partial charge on any atom is -0.291 e. The number of hydrogen-bond donors (Lipinski definition) is 2. The molecule has 0 fully saturated rings. The normalized spacial score (nSPS) is 10.8. The van der Waals surface area contributed by atoms with E-state index in [2.05, 4.69) is 20.5 Å². The quantitative estimate of drug-likeness (QED) is 0.481. The van der Waals surface area contributed by atoms with Crippen LogP contribution < -0.4 is 11.0 Å². The molecule has 1 heterocycles. The molecule has 0 aliphatic carbocycles. The van der Waals surface area contributed by atoms with Gasteiger partial charge in [-0.25, -0.2) is 10.4 Å². The maximum Gasteiger partial charge on any atom is 0.269 e. The van der Waals surface area contributed by atoms with E-state index in [4.69, 9.17) is 0 Å². The van der Waals surface area contributed by atoms with Crippen LogP contribution in [0.5, 0.6) is 0 Å². The van der Waals surface area contributed by atoms with Gasteiger partial charge >= 0.3 is 0 Å². The van der Waals surface area contributed by atoms with Crippen LogP contribution in [-0.2, 0) is 6.42 Å². The van der Waals surface area contributed by atoms with Gasteiger partial charge < -0.3 is 0 Å². The van der Waals surface area contributed by atoms with E-state index in [1.54, 1.807) is 12.1 Å². The summed E-state index contributed by atoms with van der Waals surface area (Å²) in [6, 6.07) is 7.39. The predicted octanol–water partition coefficient (Wildman–Crippen LogP) is 2.08. The maximum atomic E-state index is 11.5. The minimum absolute atomic E-state index is 0.0170. The van der Waals surface area contributed by atoms with Gasteiger partial charge in [0.2, 0.25) is 5.95 Å². The molecular weight excluding hydrogens is 286 g/mol. The minimum atomic E-state index is -0.465. The summed E-state index contributed by atoms with van der Waals surface area (Å²) in [7, 11) is 0. The van der Waals surface area contributed by atoms with Crippen LogP contribution in [0.1, 0.15) is 24.6 Å². The predicted molar refractivity (Wildman–Crippen MR) is 83.2 cm³/mol. The molecule has 2 aromatic rings. The van der Waals surface area contributed by atoms with E-state index in [0.29, 0.717) is 17.7 Å². The van der Waals surface area contributed by atoms with Crippen molar-refractivity contribution in [2.24, 2.45) is 5.10 Å². The molecule has 0 aliphatic heterocycles. The first-order chi connectivity index (χ1) is 10.6. The van der Waals surface area contributed by atoms with Crippen molar-refractivity contribution in [1.82, 2.24) is 9.97 Å². The van der Waals surface area contributed by atoms with Crippen LogP contribution >= 0.6 is 0 Å². The number of nitro benzene ring substituents is 1. The van der Waals surface area contributed by atoms with Crippen LogP contribution in [0.15, 0.2) is 40.2 Å². The Morgan fingerprint density at radius 1 is 1.41 bits per heavy atom. The van der Waals surface area contributed by atoms with Crippen molar-refractivity contribution in [2.45, 2.75) is 19.8 Å². The average molecular weight is 301 g/mol. The Bertz CT molecular complexity index is 737. The lowest BCUT2D eigenvalue weighted by molar-refractivity contribution is -0.384. The molecule has 0 saturated carbocycles. The number of nitrogens with zero attached hydrogens (tertiary/aromatic N) is 3. The molecule has 8 heteroatoms. The molecule has 0 amide bonds. The smallest absolute Gasteiger partial charge is 0.269 e. The van der Waals surface area contributed by atoms with Gasteiger partial charge in [-0.15, -0.1) is 0 Å². The fraction of sp³-hybridized carbons (Fsp3) is 0.214. The topological polar surface area (TPSA) is 113 Å². The van der Waals surface area contributed by atoms with Gasteiger partial charge in [0.15, 0.2) is 0 Å². The molecule has 0 bridgehead atoms. The van der Waals surface area contributed by atoms with E-state index in [-0.39, 0.29) is 17.2 Å². The van der Waals surface area contributed by atoms with Crippen LogP contribution in [0, 0.1) is 10.1 Å². The van der Waals surface area contributed by atoms with E-state index in [0.717, 1.165) is 6.42 Å². The monoisotopic (exact) mass is 301 g/mol. The summed E-state index contributed by atoms with van der Waals surface area (Å²) < 4.78 is 0. The van der Waals surface area contributed by atoms with Crippen molar-refractivity contribution in [3.63, 3.8) is 0 Å². The number of anilines is 1. The number of nitrogens with one attached hydrogen (secondary N) is 2. The number of nitro groups is 1. The summed E-state index contributed by atoms with van der Waals surface area (Å²) >= 11 is 0. The van der Waals surface area contributed by atoms with Crippen molar-refractivity contribution in [1.29, 1.82) is 0 Å². The molecule has 2 N–H and O–H groups in total. The fourth-order valence-electron chi connectivity index (χ4n) is 1.80. The van der Waals surface area contributed by atoms with Crippen LogP contribution in [0.4, 0.5) is 11.6 Å². The second kappa shape index (κ2) is 7.11. The molecule has 8 nitrogen and oxygen atoms in total. The molecule has 1 aromatic carbocycles. The second-order valence-electron chi connectivity index (χ2n) is 4.55. The van der Waals surface area contributed by atoms with Crippen LogP contribution in [-0.4, -0.2) is 21.1 Å². The van der Waals surface area contributed by atoms with Gasteiger partial charge in [-0.1, -0.05) is 13.3 Å². The van der Waals surface area contributed by atoms with Crippen LogP contribution in [0.2, 0.25) is 0 Å². The van der Waals surface area contributed by atoms with Gasteiger partial charge in [-0.3, -0.25) is 19.9 Å². The van der Waals surface area contributed by atoms with E-state index >= 15 is 0 Å². The van der Waals surface area contributed by atoms with Crippen molar-refractivity contribution in [3.05, 3.63) is 62.1 Å². The number of aryl methyl sites for hydroxylation is 1. The van der Waals surface area contributed by atoms with Crippen molar-refractivity contribution in [3.8, 4) is 0 Å². The third-order valence-electron chi connectivity index (χ3n) is 2.79. The molecule has 0 spiro atoms. The van der Waals surface area contributed by atoms with E-state index in [1.807, 2.05) is 6.92 Å². The number of H-pyrrole nitrogens is 1. The standard InChI is InChI=1S/C14H15N5O3/c1-2-3-11-8-13(20)17-14(16-11)18-15-9-10-4-6-12(7-5-10)19(21)22/h4-9H,2-3H2,1H3,(H2,16,17,18,20)/b15-9+. The number of hydrazone groups is 1. The lowest BCUT2D eigenvalue weighted by Crippen LogP contribution is -2.11. The highest BCUT2D eigenvalue weighted by atomic mass is 16.6. The van der Waals surface area contributed by atoms with Gasteiger partial charge in [-0.05, 0) is 24.1 Å². The molecule has 1 aromatic heterocycles. The summed E-state index contributed by atoms with van der Waals surface area (Å²) in [5.41, 5.74) is 3.79. The molecule has 0 atom stereocenters. The van der Waals surface area contributed by atoms with Crippen molar-refractivity contribution >= 4 is 17.9 Å². The van der Waals surface area contributed by atoms with E-state index in [9.17, 15) is 14.9 Å². The maximum absolute atomic E-state index is 11.5. The van der Waals surface area contributed by atoms with Crippen molar-refractivity contribution < 1.29 is 4.92 Å². The summed E-state index contributed by atoms with van der Waals surface area (Å²) in [6.45, 7) is 2.00. The van der Waals surface area contributed by atoms with Crippen LogP contribution in [0.25, 0.3) is 0 Å². The molecule has 114 valence electrons. The Balaban J connectivity index is 2.05. The Hall–Kier alpha value is -3.03. The van der Waals surface area contributed by atoms with Gasteiger partial charge in [0.1, 0.15) is 0 Å². The third-order valence-corrected chi connectivity index (χ3v) is 2.79. The van der Waals surface area contributed by atoms with Gasteiger partial charge in [0, 0.05) is 23.9 Å². The number of aromatic nitrogens is 2. The number of non-ortho nitro benzene ring substituents is 1. The van der Waals surface area contributed by atoms with Gasteiger partial charge in [0.25, 0.3) is 11.2 Å². The SMILES string of the molecule is CCCc1cc(=O)[nH]c(N/N=C/c2ccc([N+](=O)[O-])cc2)n1. The summed E-state index contributed by atoms with van der Waals surface area (Å²) in [6.07, 6.45) is 3.09. The molecule has 22 heavy (non-hydrogen) atoms. The van der Waals surface area contributed by atoms with Gasteiger partial charge in [0.05, 0.1) is 11.1 Å². The lowest BCUT2D eigenvalue weighted by Gasteiger charge is -2.02. The van der Waals surface area contributed by atoms with Crippen LogP contribution in [0.3, 0.4) is 0 Å². The van der Waals surface area contributed by atoms with E-state index in [1.165, 1.54) is 24.4 Å². The van der Waals surface area contributed by atoms with Gasteiger partial charge in [-0.2, -0.15) is 5.10 Å². The average Bonchev–Trinajstić information content (AvgIpc) is 2.47. The van der Waals surface area contributed by atoms with Crippen molar-refractivity contribution in [2.75, 3.05) is 5.43 Å². The first kappa shape index (κ1) is 15.4. The number of hydrogen-bond acceptors (Lipinski definition) is 6. The molecule has 2 rings (SSSR count). The Morgan fingerprint density at radius 3 is 2.77 bits per heavy atom. The Labute approximate surface area is 126 Å². The molecule has 0 aliphatic rings. The molecular formula is C14H15N5O3. The number of aromatic amines is 1. The molecule has 0 saturated heterocycles.